The standard InChI is InChI=1S/C17H19N3O3S2/c21-17(18-7-9-24-11-14-2-1-8-25-14)12-3-6-15(19-13-4-5-13)16(10-12)20(22)23/h1-3,6,8,10,13,19H,4-5,7,9,11H2,(H,18,21). The van der Waals surface area contributed by atoms with Crippen molar-refractivity contribution in [1.29, 1.82) is 0 Å². The van der Waals surface area contributed by atoms with Crippen molar-refractivity contribution in [3.63, 3.8) is 0 Å². The van der Waals surface area contributed by atoms with Crippen LogP contribution in [0.25, 0.3) is 0 Å². The van der Waals surface area contributed by atoms with Gasteiger partial charge in [-0.2, -0.15) is 11.8 Å². The van der Waals surface area contributed by atoms with Crippen molar-refractivity contribution >= 4 is 40.4 Å². The zero-order chi connectivity index (χ0) is 17.6. The Kier molecular flexibility index (Phi) is 5.93. The second-order valence-corrected chi connectivity index (χ2v) is 7.93. The largest absolute Gasteiger partial charge is 0.377 e. The smallest absolute Gasteiger partial charge is 0.293 e. The van der Waals surface area contributed by atoms with Crippen LogP contribution in [0.5, 0.6) is 0 Å². The normalized spacial score (nSPS) is 13.4. The molecule has 1 saturated carbocycles. The molecule has 1 amide bonds. The van der Waals surface area contributed by atoms with Crippen molar-refractivity contribution in [2.75, 3.05) is 17.6 Å². The number of nitro groups is 1. The lowest BCUT2D eigenvalue weighted by Crippen LogP contribution is -2.25. The molecule has 1 fully saturated rings. The molecule has 0 radical (unpaired) electrons. The maximum Gasteiger partial charge on any atom is 0.293 e. The highest BCUT2D eigenvalue weighted by Crippen LogP contribution is 2.31. The fourth-order valence-corrected chi connectivity index (χ4v) is 4.00. The Hall–Kier alpha value is -2.06. The van der Waals surface area contributed by atoms with E-state index in [9.17, 15) is 14.9 Å². The lowest BCUT2D eigenvalue weighted by Gasteiger charge is -2.08. The Morgan fingerprint density at radius 3 is 2.88 bits per heavy atom. The van der Waals surface area contributed by atoms with Gasteiger partial charge >= 0.3 is 0 Å². The number of rotatable bonds is 9. The topological polar surface area (TPSA) is 84.3 Å². The molecule has 1 aliphatic rings. The van der Waals surface area contributed by atoms with Crippen LogP contribution in [0, 0.1) is 10.1 Å². The summed E-state index contributed by atoms with van der Waals surface area (Å²) in [6, 6.07) is 9.03. The first-order valence-electron chi connectivity index (χ1n) is 8.07. The van der Waals surface area contributed by atoms with E-state index in [1.165, 1.54) is 10.9 Å². The first-order chi connectivity index (χ1) is 12.1. The molecule has 1 heterocycles. The van der Waals surface area contributed by atoms with Crippen molar-refractivity contribution in [2.24, 2.45) is 0 Å². The van der Waals surface area contributed by atoms with E-state index in [2.05, 4.69) is 16.7 Å². The third kappa shape index (κ3) is 5.20. The molecule has 25 heavy (non-hydrogen) atoms. The zero-order valence-electron chi connectivity index (χ0n) is 13.6. The van der Waals surface area contributed by atoms with Gasteiger partial charge in [-0.1, -0.05) is 6.07 Å². The number of thiophene rings is 1. The maximum atomic E-state index is 12.2. The summed E-state index contributed by atoms with van der Waals surface area (Å²) in [7, 11) is 0. The number of nitrogens with one attached hydrogen (secondary N) is 2. The summed E-state index contributed by atoms with van der Waals surface area (Å²) in [5.41, 5.74) is 0.749. The summed E-state index contributed by atoms with van der Waals surface area (Å²) in [6.07, 6.45) is 2.06. The molecular formula is C17H19N3O3S2. The van der Waals surface area contributed by atoms with Gasteiger partial charge in [0.25, 0.3) is 11.6 Å². The van der Waals surface area contributed by atoms with Gasteiger partial charge in [0, 0.05) is 40.6 Å². The molecule has 132 valence electrons. The second-order valence-electron chi connectivity index (χ2n) is 5.80. The summed E-state index contributed by atoms with van der Waals surface area (Å²) in [5.74, 6) is 1.45. The van der Waals surface area contributed by atoms with Gasteiger partial charge in [0.1, 0.15) is 5.69 Å². The van der Waals surface area contributed by atoms with Crippen LogP contribution in [0.1, 0.15) is 28.1 Å². The molecule has 6 nitrogen and oxygen atoms in total. The number of anilines is 1. The number of benzene rings is 1. The molecule has 0 aliphatic heterocycles. The van der Waals surface area contributed by atoms with Crippen LogP contribution < -0.4 is 10.6 Å². The summed E-state index contributed by atoms with van der Waals surface area (Å²) >= 11 is 3.47. The van der Waals surface area contributed by atoms with E-state index >= 15 is 0 Å². The van der Waals surface area contributed by atoms with E-state index in [1.807, 2.05) is 11.4 Å². The van der Waals surface area contributed by atoms with Crippen molar-refractivity contribution in [2.45, 2.75) is 24.6 Å². The van der Waals surface area contributed by atoms with Gasteiger partial charge in [-0.25, -0.2) is 0 Å². The van der Waals surface area contributed by atoms with Crippen LogP contribution in [0.4, 0.5) is 11.4 Å². The average Bonchev–Trinajstić information content (AvgIpc) is 3.26. The highest BCUT2D eigenvalue weighted by Gasteiger charge is 2.25. The Morgan fingerprint density at radius 2 is 2.20 bits per heavy atom. The fraction of sp³-hybridized carbons (Fsp3) is 0.353. The SMILES string of the molecule is O=C(NCCSCc1cccs1)c1ccc(NC2CC2)c([N+](=O)[O-])c1. The van der Waals surface area contributed by atoms with Crippen molar-refractivity contribution in [1.82, 2.24) is 5.32 Å². The van der Waals surface area contributed by atoms with Crippen LogP contribution in [0.15, 0.2) is 35.7 Å². The van der Waals surface area contributed by atoms with Gasteiger partial charge in [0.15, 0.2) is 0 Å². The Labute approximate surface area is 154 Å². The predicted molar refractivity (Wildman–Crippen MR) is 103 cm³/mol. The number of carbonyl (C=O) groups is 1. The fourth-order valence-electron chi connectivity index (χ4n) is 2.30. The minimum atomic E-state index is -0.446. The number of carbonyl (C=O) groups excluding carboxylic acids is 1. The van der Waals surface area contributed by atoms with Gasteiger partial charge in [-0.15, -0.1) is 11.3 Å². The molecule has 3 rings (SSSR count). The first-order valence-corrected chi connectivity index (χ1v) is 10.1. The highest BCUT2D eigenvalue weighted by atomic mass is 32.2. The monoisotopic (exact) mass is 377 g/mol. The number of hydrogen-bond donors (Lipinski definition) is 2. The van der Waals surface area contributed by atoms with E-state index in [0.29, 0.717) is 23.8 Å². The molecule has 2 aromatic rings. The molecule has 2 N–H and O–H groups in total. The van der Waals surface area contributed by atoms with Gasteiger partial charge in [-0.05, 0) is 36.4 Å². The first kappa shape index (κ1) is 17.8. The molecule has 0 bridgehead atoms. The zero-order valence-corrected chi connectivity index (χ0v) is 15.2. The molecule has 1 aromatic carbocycles. The minimum Gasteiger partial charge on any atom is -0.377 e. The van der Waals surface area contributed by atoms with E-state index < -0.39 is 4.92 Å². The summed E-state index contributed by atoms with van der Waals surface area (Å²) in [4.78, 5) is 24.3. The van der Waals surface area contributed by atoms with Gasteiger partial charge in [0.2, 0.25) is 0 Å². The van der Waals surface area contributed by atoms with Crippen molar-refractivity contribution in [3.8, 4) is 0 Å². The van der Waals surface area contributed by atoms with Crippen molar-refractivity contribution < 1.29 is 9.72 Å². The number of hydrogen-bond acceptors (Lipinski definition) is 6. The highest BCUT2D eigenvalue weighted by molar-refractivity contribution is 7.98. The number of nitrogens with zero attached hydrogens (tertiary/aromatic N) is 1. The molecule has 1 aromatic heterocycles. The number of amides is 1. The van der Waals surface area contributed by atoms with Crippen molar-refractivity contribution in [3.05, 3.63) is 56.3 Å². The molecular weight excluding hydrogens is 358 g/mol. The van der Waals surface area contributed by atoms with Crippen LogP contribution in [-0.2, 0) is 5.75 Å². The molecule has 0 atom stereocenters. The summed E-state index contributed by atoms with van der Waals surface area (Å²) in [5, 5.41) is 19.2. The van der Waals surface area contributed by atoms with E-state index in [0.717, 1.165) is 24.3 Å². The maximum absolute atomic E-state index is 12.2. The third-order valence-corrected chi connectivity index (χ3v) is 5.82. The van der Waals surface area contributed by atoms with Gasteiger partial charge < -0.3 is 10.6 Å². The predicted octanol–water partition coefficient (Wildman–Crippen LogP) is 3.89. The van der Waals surface area contributed by atoms with Crippen LogP contribution >= 0.6 is 23.1 Å². The number of thioether (sulfide) groups is 1. The Balaban J connectivity index is 1.50. The molecule has 8 heteroatoms. The minimum absolute atomic E-state index is 0.0494. The van der Waals surface area contributed by atoms with Crippen LogP contribution in [0.3, 0.4) is 0 Å². The molecule has 0 unspecified atom stereocenters. The van der Waals surface area contributed by atoms with E-state index in [1.54, 1.807) is 35.2 Å². The second kappa shape index (κ2) is 8.35. The third-order valence-electron chi connectivity index (χ3n) is 3.75. The lowest BCUT2D eigenvalue weighted by molar-refractivity contribution is -0.384. The summed E-state index contributed by atoms with van der Waals surface area (Å²) < 4.78 is 0. The van der Waals surface area contributed by atoms with E-state index in [-0.39, 0.29) is 11.6 Å². The lowest BCUT2D eigenvalue weighted by atomic mass is 10.1. The molecule has 0 spiro atoms. The summed E-state index contributed by atoms with van der Waals surface area (Å²) in [6.45, 7) is 0.532. The van der Waals surface area contributed by atoms with Gasteiger partial charge in [0.05, 0.1) is 4.92 Å². The van der Waals surface area contributed by atoms with E-state index in [4.69, 9.17) is 0 Å². The Bertz CT molecular complexity index is 746. The quantitative estimate of drug-likeness (QED) is 0.393. The molecule has 1 aliphatic carbocycles. The average molecular weight is 377 g/mol. The number of nitro benzene ring substituents is 1. The van der Waals surface area contributed by atoms with Crippen LogP contribution in [0.2, 0.25) is 0 Å². The molecule has 0 saturated heterocycles. The Morgan fingerprint density at radius 1 is 1.36 bits per heavy atom. The van der Waals surface area contributed by atoms with Crippen LogP contribution in [-0.4, -0.2) is 29.2 Å². The van der Waals surface area contributed by atoms with Gasteiger partial charge in [-0.3, -0.25) is 14.9 Å².